The van der Waals surface area contributed by atoms with Crippen molar-refractivity contribution in [1.82, 2.24) is 4.90 Å². The number of thioether (sulfide) groups is 1. The molecule has 2 amide bonds. The summed E-state index contributed by atoms with van der Waals surface area (Å²) in [6.07, 6.45) is 0.703. The monoisotopic (exact) mass is 659 g/mol. The number of thiophene rings is 1. The van der Waals surface area contributed by atoms with Crippen molar-refractivity contribution < 1.29 is 28.6 Å². The molecule has 0 bridgehead atoms. The first-order valence-corrected chi connectivity index (χ1v) is 16.7. The van der Waals surface area contributed by atoms with E-state index in [4.69, 9.17) is 14.2 Å². The first kappa shape index (κ1) is 33.1. The molecule has 0 fully saturated rings. The number of hydrogen-bond donors (Lipinski definition) is 2. The third kappa shape index (κ3) is 7.90. The van der Waals surface area contributed by atoms with Crippen LogP contribution in [0.1, 0.15) is 50.6 Å². The molecule has 0 saturated carbocycles. The Morgan fingerprint density at radius 2 is 1.74 bits per heavy atom. The predicted octanol–water partition coefficient (Wildman–Crippen LogP) is 6.87. The van der Waals surface area contributed by atoms with Crippen LogP contribution >= 0.6 is 23.1 Å². The number of methoxy groups -OCH3 is 2. The van der Waals surface area contributed by atoms with Gasteiger partial charge >= 0.3 is 5.97 Å². The Labute approximate surface area is 277 Å². The van der Waals surface area contributed by atoms with Crippen LogP contribution in [0.5, 0.6) is 11.5 Å². The lowest BCUT2D eigenvalue weighted by Crippen LogP contribution is -2.30. The number of carbonyl (C=O) groups is 3. The van der Waals surface area contributed by atoms with Gasteiger partial charge in [0.25, 0.3) is 5.91 Å². The van der Waals surface area contributed by atoms with Gasteiger partial charge in [0, 0.05) is 40.7 Å². The molecule has 0 saturated heterocycles. The van der Waals surface area contributed by atoms with E-state index < -0.39 is 11.2 Å². The first-order valence-electron chi connectivity index (χ1n) is 15.0. The number of esters is 1. The number of benzene rings is 3. The van der Waals surface area contributed by atoms with Crippen LogP contribution in [-0.2, 0) is 29.0 Å². The second-order valence-corrected chi connectivity index (χ2v) is 13.2. The van der Waals surface area contributed by atoms with Crippen molar-refractivity contribution in [1.29, 1.82) is 0 Å². The van der Waals surface area contributed by atoms with Crippen molar-refractivity contribution in [3.05, 3.63) is 99.9 Å². The van der Waals surface area contributed by atoms with Gasteiger partial charge in [-0.2, -0.15) is 0 Å². The van der Waals surface area contributed by atoms with Gasteiger partial charge in [-0.3, -0.25) is 14.5 Å². The number of fused-ring (bicyclic) bond motifs is 1. The van der Waals surface area contributed by atoms with E-state index in [1.54, 1.807) is 31.2 Å². The second kappa shape index (κ2) is 15.3. The predicted molar refractivity (Wildman–Crippen MR) is 182 cm³/mol. The Kier molecular flexibility index (Phi) is 11.0. The highest BCUT2D eigenvalue weighted by atomic mass is 32.2. The van der Waals surface area contributed by atoms with Crippen molar-refractivity contribution in [2.75, 3.05) is 38.0 Å². The largest absolute Gasteiger partial charge is 0.493 e. The number of nitrogens with zero attached hydrogens (tertiary/aromatic N) is 1. The van der Waals surface area contributed by atoms with Crippen LogP contribution in [0.4, 0.5) is 10.7 Å². The molecule has 9 nitrogen and oxygen atoms in total. The van der Waals surface area contributed by atoms with Gasteiger partial charge in [0.15, 0.2) is 11.5 Å². The van der Waals surface area contributed by atoms with Crippen molar-refractivity contribution >= 4 is 51.6 Å². The van der Waals surface area contributed by atoms with Crippen molar-refractivity contribution in [3.63, 3.8) is 0 Å². The highest BCUT2D eigenvalue weighted by Crippen LogP contribution is 2.39. The summed E-state index contributed by atoms with van der Waals surface area (Å²) in [4.78, 5) is 43.7. The number of anilines is 2. The Hall–Kier alpha value is -4.32. The third-order valence-corrected chi connectivity index (χ3v) is 9.75. The molecule has 11 heteroatoms. The van der Waals surface area contributed by atoms with E-state index >= 15 is 0 Å². The minimum Gasteiger partial charge on any atom is -0.493 e. The van der Waals surface area contributed by atoms with Crippen molar-refractivity contribution in [3.8, 4) is 11.5 Å². The van der Waals surface area contributed by atoms with Gasteiger partial charge in [0.05, 0.1) is 31.6 Å². The first-order chi connectivity index (χ1) is 22.3. The van der Waals surface area contributed by atoms with E-state index in [1.807, 2.05) is 43.3 Å². The average molecular weight is 660 g/mol. The lowest BCUT2D eigenvalue weighted by Gasteiger charge is -2.27. The third-order valence-electron chi connectivity index (χ3n) is 7.52. The fourth-order valence-corrected chi connectivity index (χ4v) is 7.45. The van der Waals surface area contributed by atoms with Gasteiger partial charge in [-0.25, -0.2) is 4.79 Å². The fourth-order valence-electron chi connectivity index (χ4n) is 5.24. The van der Waals surface area contributed by atoms with Gasteiger partial charge in [0.1, 0.15) is 5.00 Å². The van der Waals surface area contributed by atoms with Crippen LogP contribution in [0.15, 0.2) is 77.7 Å². The summed E-state index contributed by atoms with van der Waals surface area (Å²) in [5.41, 5.74) is 3.67. The number of ether oxygens (including phenoxy) is 3. The van der Waals surface area contributed by atoms with E-state index in [1.165, 1.54) is 42.9 Å². The molecule has 1 atom stereocenters. The van der Waals surface area contributed by atoms with Gasteiger partial charge < -0.3 is 24.8 Å². The smallest absolute Gasteiger partial charge is 0.341 e. The summed E-state index contributed by atoms with van der Waals surface area (Å²) in [6.45, 7) is 6.17. The van der Waals surface area contributed by atoms with E-state index in [0.29, 0.717) is 46.3 Å². The SMILES string of the molecule is CCOC(=O)c1c(NC(=O)C(C)Sc2cccc(NC(=O)c3ccc(OC)c(OC)c3)c2)sc2c1CCN(Cc1ccccc1)C2. The maximum Gasteiger partial charge on any atom is 0.341 e. The maximum absolute atomic E-state index is 13.4. The molecule has 1 aliphatic heterocycles. The van der Waals surface area contributed by atoms with Crippen LogP contribution in [0.3, 0.4) is 0 Å². The Bertz CT molecular complexity index is 1710. The molecule has 2 N–H and O–H groups in total. The molecular formula is C35H37N3O6S2. The number of hydrogen-bond acceptors (Lipinski definition) is 9. The molecular weight excluding hydrogens is 623 g/mol. The van der Waals surface area contributed by atoms with E-state index in [2.05, 4.69) is 27.7 Å². The van der Waals surface area contributed by atoms with Gasteiger partial charge in [-0.1, -0.05) is 36.4 Å². The summed E-state index contributed by atoms with van der Waals surface area (Å²) < 4.78 is 16.0. The Morgan fingerprint density at radius 1 is 0.957 bits per heavy atom. The number of amides is 2. The van der Waals surface area contributed by atoms with Gasteiger partial charge in [0.2, 0.25) is 5.91 Å². The minimum atomic E-state index is -0.486. The number of nitrogens with one attached hydrogen (secondary N) is 2. The lowest BCUT2D eigenvalue weighted by molar-refractivity contribution is -0.115. The van der Waals surface area contributed by atoms with E-state index in [9.17, 15) is 14.4 Å². The van der Waals surface area contributed by atoms with Crippen LogP contribution in [0, 0.1) is 0 Å². The second-order valence-electron chi connectivity index (χ2n) is 10.7. The summed E-state index contributed by atoms with van der Waals surface area (Å²) in [5, 5.41) is 5.97. The molecule has 2 heterocycles. The van der Waals surface area contributed by atoms with Gasteiger partial charge in [-0.15, -0.1) is 23.1 Å². The van der Waals surface area contributed by atoms with Crippen molar-refractivity contribution in [2.45, 2.75) is 43.5 Å². The highest BCUT2D eigenvalue weighted by molar-refractivity contribution is 8.00. The number of rotatable bonds is 12. The van der Waals surface area contributed by atoms with E-state index in [0.717, 1.165) is 28.4 Å². The molecule has 5 rings (SSSR count). The summed E-state index contributed by atoms with van der Waals surface area (Å²) in [6, 6.07) is 22.6. The zero-order valence-electron chi connectivity index (χ0n) is 26.3. The quantitative estimate of drug-likeness (QED) is 0.125. The lowest BCUT2D eigenvalue weighted by atomic mass is 10.0. The fraction of sp³-hybridized carbons (Fsp3) is 0.286. The molecule has 46 heavy (non-hydrogen) atoms. The summed E-state index contributed by atoms with van der Waals surface area (Å²) >= 11 is 2.81. The standard InChI is InChI=1S/C35H37N3O6S2/c1-5-44-35(41)31-27-16-17-38(20-23-10-7-6-8-11-23)21-30(27)46-34(31)37-32(39)22(2)45-26-13-9-12-25(19-26)36-33(40)24-14-15-28(42-3)29(18-24)43-4/h6-15,18-19,22H,5,16-17,20-21H2,1-4H3,(H,36,40)(H,37,39). The molecule has 3 aromatic carbocycles. The van der Waals surface area contributed by atoms with Crippen LogP contribution in [0.25, 0.3) is 0 Å². The maximum atomic E-state index is 13.4. The van der Waals surface area contributed by atoms with Crippen LogP contribution < -0.4 is 20.1 Å². The van der Waals surface area contributed by atoms with E-state index in [-0.39, 0.29) is 18.4 Å². The Balaban J connectivity index is 1.26. The topological polar surface area (TPSA) is 106 Å². The molecule has 1 unspecified atom stereocenters. The molecule has 0 aliphatic carbocycles. The summed E-state index contributed by atoms with van der Waals surface area (Å²) in [5.74, 6) is 0.0535. The minimum absolute atomic E-state index is 0.227. The molecule has 0 spiro atoms. The zero-order chi connectivity index (χ0) is 32.6. The molecule has 1 aromatic heterocycles. The molecule has 4 aromatic rings. The highest BCUT2D eigenvalue weighted by Gasteiger charge is 2.30. The van der Waals surface area contributed by atoms with Crippen LogP contribution in [-0.4, -0.2) is 55.3 Å². The zero-order valence-corrected chi connectivity index (χ0v) is 27.9. The van der Waals surface area contributed by atoms with Gasteiger partial charge in [-0.05, 0) is 67.8 Å². The Morgan fingerprint density at radius 3 is 2.48 bits per heavy atom. The number of carbonyl (C=O) groups excluding carboxylic acids is 3. The van der Waals surface area contributed by atoms with Crippen molar-refractivity contribution in [2.24, 2.45) is 0 Å². The molecule has 1 aliphatic rings. The summed E-state index contributed by atoms with van der Waals surface area (Å²) in [7, 11) is 3.05. The van der Waals surface area contributed by atoms with Crippen LogP contribution in [0.2, 0.25) is 0 Å². The normalized spacial score (nSPS) is 13.3. The molecule has 0 radical (unpaired) electrons. The average Bonchev–Trinajstić information content (AvgIpc) is 3.42. The molecule has 240 valence electrons.